The van der Waals surface area contributed by atoms with Gasteiger partial charge in [-0.05, 0) is 18.5 Å². The number of hydrogen-bond donors (Lipinski definition) is 1. The third kappa shape index (κ3) is 4.43. The summed E-state index contributed by atoms with van der Waals surface area (Å²) in [6, 6.07) is 10.7. The molecule has 3 heterocycles. The summed E-state index contributed by atoms with van der Waals surface area (Å²) in [4.78, 5) is 13.7. The summed E-state index contributed by atoms with van der Waals surface area (Å²) >= 11 is 0. The van der Waals surface area contributed by atoms with Crippen LogP contribution in [0, 0.1) is 0 Å². The molecule has 142 valence electrons. The molecule has 7 nitrogen and oxygen atoms in total. The van der Waals surface area contributed by atoms with Gasteiger partial charge in [0.25, 0.3) is 0 Å². The highest BCUT2D eigenvalue weighted by atomic mass is 15.3. The second-order valence-corrected chi connectivity index (χ2v) is 7.11. The fourth-order valence-electron chi connectivity index (χ4n) is 3.63. The maximum atomic E-state index is 4.36. The van der Waals surface area contributed by atoms with Gasteiger partial charge in [-0.3, -0.25) is 9.58 Å². The molecule has 7 heteroatoms. The quantitative estimate of drug-likeness (QED) is 0.646. The zero-order valence-electron chi connectivity index (χ0n) is 15.9. The minimum absolute atomic E-state index is 0.863. The topological polar surface area (TPSA) is 62.1 Å². The Hall–Kier alpha value is -2.51. The van der Waals surface area contributed by atoms with E-state index in [1.807, 2.05) is 13.2 Å². The summed E-state index contributed by atoms with van der Waals surface area (Å²) in [6.45, 7) is 7.67. The van der Waals surface area contributed by atoms with Crippen molar-refractivity contribution in [1.82, 2.24) is 29.5 Å². The van der Waals surface area contributed by atoms with Crippen LogP contribution in [0.4, 0.5) is 5.82 Å². The van der Waals surface area contributed by atoms with Crippen molar-refractivity contribution in [3.63, 3.8) is 0 Å². The molecule has 1 fully saturated rings. The SMILES string of the molecule is Cn1ncc2c(NCCCN3CCN(Cc4ccccc4)CC3)ncnc21. The Labute approximate surface area is 160 Å². The zero-order chi connectivity index (χ0) is 18.5. The van der Waals surface area contributed by atoms with Gasteiger partial charge in [0.2, 0.25) is 0 Å². The molecule has 1 aliphatic rings. The molecule has 1 N–H and O–H groups in total. The molecule has 0 bridgehead atoms. The molecule has 27 heavy (non-hydrogen) atoms. The van der Waals surface area contributed by atoms with Crippen LogP contribution in [0.2, 0.25) is 0 Å². The van der Waals surface area contributed by atoms with Gasteiger partial charge < -0.3 is 10.2 Å². The minimum atomic E-state index is 0.863. The molecule has 1 aliphatic heterocycles. The van der Waals surface area contributed by atoms with Gasteiger partial charge in [-0.1, -0.05) is 30.3 Å². The Morgan fingerprint density at radius 3 is 2.59 bits per heavy atom. The second-order valence-electron chi connectivity index (χ2n) is 7.11. The van der Waals surface area contributed by atoms with Crippen LogP contribution in [-0.4, -0.2) is 68.8 Å². The maximum Gasteiger partial charge on any atom is 0.163 e. The molecule has 0 atom stereocenters. The number of rotatable bonds is 7. The first kappa shape index (κ1) is 17.9. The number of aryl methyl sites for hydroxylation is 1. The van der Waals surface area contributed by atoms with Crippen molar-refractivity contribution in [2.24, 2.45) is 7.05 Å². The van der Waals surface area contributed by atoms with E-state index in [2.05, 4.69) is 60.5 Å². The third-order valence-corrected chi connectivity index (χ3v) is 5.19. The number of aromatic nitrogens is 4. The van der Waals surface area contributed by atoms with E-state index in [9.17, 15) is 0 Å². The monoisotopic (exact) mass is 365 g/mol. The first-order valence-corrected chi connectivity index (χ1v) is 9.65. The Balaban J connectivity index is 1.18. The molecular weight excluding hydrogens is 338 g/mol. The van der Waals surface area contributed by atoms with Gasteiger partial charge >= 0.3 is 0 Å². The van der Waals surface area contributed by atoms with E-state index in [1.165, 1.54) is 5.56 Å². The van der Waals surface area contributed by atoms with Crippen LogP contribution in [0.25, 0.3) is 11.0 Å². The molecule has 3 aromatic rings. The molecule has 0 saturated carbocycles. The number of hydrogen-bond acceptors (Lipinski definition) is 6. The van der Waals surface area contributed by atoms with Crippen LogP contribution in [0.3, 0.4) is 0 Å². The first-order valence-electron chi connectivity index (χ1n) is 9.65. The molecular formula is C20H27N7. The van der Waals surface area contributed by atoms with Crippen molar-refractivity contribution in [2.75, 3.05) is 44.6 Å². The van der Waals surface area contributed by atoms with Gasteiger partial charge in [0.1, 0.15) is 12.1 Å². The summed E-state index contributed by atoms with van der Waals surface area (Å²) in [7, 11) is 1.90. The Bertz CT molecular complexity index is 853. The van der Waals surface area contributed by atoms with Gasteiger partial charge in [-0.15, -0.1) is 0 Å². The molecule has 4 rings (SSSR count). The third-order valence-electron chi connectivity index (χ3n) is 5.19. The Morgan fingerprint density at radius 1 is 1.00 bits per heavy atom. The highest BCUT2D eigenvalue weighted by Crippen LogP contribution is 2.17. The van der Waals surface area contributed by atoms with Crippen molar-refractivity contribution in [1.29, 1.82) is 0 Å². The molecule has 1 saturated heterocycles. The van der Waals surface area contributed by atoms with Gasteiger partial charge in [-0.25, -0.2) is 9.97 Å². The molecule has 0 spiro atoms. The Kier molecular flexibility index (Phi) is 5.60. The maximum absolute atomic E-state index is 4.36. The van der Waals surface area contributed by atoms with E-state index in [-0.39, 0.29) is 0 Å². The van der Waals surface area contributed by atoms with E-state index in [1.54, 1.807) is 11.0 Å². The predicted octanol–water partition coefficient (Wildman–Crippen LogP) is 1.98. The van der Waals surface area contributed by atoms with Crippen LogP contribution < -0.4 is 5.32 Å². The number of piperazine rings is 1. The van der Waals surface area contributed by atoms with E-state index >= 15 is 0 Å². The van der Waals surface area contributed by atoms with E-state index in [4.69, 9.17) is 0 Å². The van der Waals surface area contributed by atoms with Crippen LogP contribution >= 0.6 is 0 Å². The highest BCUT2D eigenvalue weighted by Gasteiger charge is 2.16. The van der Waals surface area contributed by atoms with Crippen molar-refractivity contribution < 1.29 is 0 Å². The largest absolute Gasteiger partial charge is 0.369 e. The molecule has 0 radical (unpaired) electrons. The summed E-state index contributed by atoms with van der Waals surface area (Å²) < 4.78 is 1.77. The van der Waals surface area contributed by atoms with Crippen LogP contribution in [0.5, 0.6) is 0 Å². The van der Waals surface area contributed by atoms with Crippen LogP contribution in [0.15, 0.2) is 42.9 Å². The van der Waals surface area contributed by atoms with Crippen LogP contribution in [0.1, 0.15) is 12.0 Å². The number of nitrogens with zero attached hydrogens (tertiary/aromatic N) is 6. The van der Waals surface area contributed by atoms with Crippen LogP contribution in [-0.2, 0) is 13.6 Å². The summed E-state index contributed by atoms with van der Waals surface area (Å²) in [6.07, 6.45) is 4.52. The lowest BCUT2D eigenvalue weighted by molar-refractivity contribution is 0.127. The number of anilines is 1. The zero-order valence-corrected chi connectivity index (χ0v) is 15.9. The average molecular weight is 365 g/mol. The number of benzene rings is 1. The van der Waals surface area contributed by atoms with Crippen molar-refractivity contribution in [3.8, 4) is 0 Å². The van der Waals surface area contributed by atoms with Gasteiger partial charge in [0.15, 0.2) is 5.65 Å². The fourth-order valence-corrected chi connectivity index (χ4v) is 3.63. The lowest BCUT2D eigenvalue weighted by atomic mass is 10.2. The number of nitrogens with one attached hydrogen (secondary N) is 1. The van der Waals surface area contributed by atoms with E-state index in [0.29, 0.717) is 0 Å². The van der Waals surface area contributed by atoms with Crippen molar-refractivity contribution in [3.05, 3.63) is 48.4 Å². The Morgan fingerprint density at radius 2 is 1.78 bits per heavy atom. The summed E-state index contributed by atoms with van der Waals surface area (Å²) in [5.74, 6) is 0.876. The summed E-state index contributed by atoms with van der Waals surface area (Å²) in [5, 5.41) is 8.68. The predicted molar refractivity (Wildman–Crippen MR) is 108 cm³/mol. The lowest BCUT2D eigenvalue weighted by Crippen LogP contribution is -2.46. The lowest BCUT2D eigenvalue weighted by Gasteiger charge is -2.34. The molecule has 1 aromatic carbocycles. The van der Waals surface area contributed by atoms with Gasteiger partial charge in [-0.2, -0.15) is 5.10 Å². The fraction of sp³-hybridized carbons (Fsp3) is 0.450. The minimum Gasteiger partial charge on any atom is -0.369 e. The normalized spacial score (nSPS) is 16.0. The average Bonchev–Trinajstić information content (AvgIpc) is 3.09. The van der Waals surface area contributed by atoms with Crippen molar-refractivity contribution in [2.45, 2.75) is 13.0 Å². The molecule has 0 amide bonds. The number of fused-ring (bicyclic) bond motifs is 1. The van der Waals surface area contributed by atoms with E-state index in [0.717, 1.165) is 69.1 Å². The molecule has 0 aliphatic carbocycles. The standard InChI is InChI=1S/C20H27N7/c1-25-20-18(14-24-25)19(22-16-23-20)21-8-5-9-26-10-12-27(13-11-26)15-17-6-3-2-4-7-17/h2-4,6-7,14,16H,5,8-13,15H2,1H3,(H,21,22,23). The first-order chi connectivity index (χ1) is 13.3. The molecule has 2 aromatic heterocycles. The highest BCUT2D eigenvalue weighted by molar-refractivity contribution is 5.85. The smallest absolute Gasteiger partial charge is 0.163 e. The van der Waals surface area contributed by atoms with E-state index < -0.39 is 0 Å². The summed E-state index contributed by atoms with van der Waals surface area (Å²) in [5.41, 5.74) is 2.27. The van der Waals surface area contributed by atoms with Crippen molar-refractivity contribution >= 4 is 16.9 Å². The van der Waals surface area contributed by atoms with Gasteiger partial charge in [0, 0.05) is 46.3 Å². The molecule has 0 unspecified atom stereocenters. The second kappa shape index (κ2) is 8.45. The van der Waals surface area contributed by atoms with Gasteiger partial charge in [0.05, 0.1) is 11.6 Å².